The molecule has 0 aliphatic carbocycles. The summed E-state index contributed by atoms with van der Waals surface area (Å²) < 4.78 is 6.28. The van der Waals surface area contributed by atoms with Crippen LogP contribution in [0.1, 0.15) is 11.1 Å². The topological polar surface area (TPSA) is 98.0 Å². The first-order valence-corrected chi connectivity index (χ1v) is 9.51. The SMILES string of the molecule is COc1ccc2nc(Nc3ncnc(Nc4ccc(C)c(C)c4)c3N)sc2c1. The smallest absolute Gasteiger partial charge is 0.189 e. The molecule has 0 aliphatic heterocycles. The molecule has 0 unspecified atom stereocenters. The van der Waals surface area contributed by atoms with Crippen molar-refractivity contribution in [3.63, 3.8) is 0 Å². The summed E-state index contributed by atoms with van der Waals surface area (Å²) in [5, 5.41) is 7.15. The molecular formula is C20H20N6OS. The fraction of sp³-hybridized carbons (Fsp3) is 0.150. The van der Waals surface area contributed by atoms with Crippen molar-refractivity contribution in [2.75, 3.05) is 23.5 Å². The summed E-state index contributed by atoms with van der Waals surface area (Å²) in [6.07, 6.45) is 1.47. The fourth-order valence-electron chi connectivity index (χ4n) is 2.74. The number of rotatable bonds is 5. The Morgan fingerprint density at radius 2 is 1.75 bits per heavy atom. The standard InChI is InChI=1S/C20H20N6OS/c1-11-4-5-13(8-12(11)2)24-18-17(21)19(23-10-22-18)26-20-25-15-7-6-14(27-3)9-16(15)28-20/h4-10H,21H2,1-3H3,(H2,22,23,24,25,26). The van der Waals surface area contributed by atoms with E-state index in [1.807, 2.05) is 24.3 Å². The number of nitrogens with two attached hydrogens (primary N) is 1. The van der Waals surface area contributed by atoms with Crippen molar-refractivity contribution in [3.05, 3.63) is 53.9 Å². The summed E-state index contributed by atoms with van der Waals surface area (Å²) in [6.45, 7) is 4.15. The van der Waals surface area contributed by atoms with Gasteiger partial charge >= 0.3 is 0 Å². The number of nitrogens with one attached hydrogen (secondary N) is 2. The third kappa shape index (κ3) is 3.54. The van der Waals surface area contributed by atoms with E-state index in [1.165, 1.54) is 28.8 Å². The number of aromatic nitrogens is 3. The molecule has 8 heteroatoms. The average Bonchev–Trinajstić information content (AvgIpc) is 3.09. The van der Waals surface area contributed by atoms with Crippen LogP contribution in [-0.4, -0.2) is 22.1 Å². The molecule has 4 rings (SSSR count). The summed E-state index contributed by atoms with van der Waals surface area (Å²) in [7, 11) is 1.65. The number of nitrogens with zero attached hydrogens (tertiary/aromatic N) is 3. The van der Waals surface area contributed by atoms with Crippen molar-refractivity contribution in [2.24, 2.45) is 0 Å². The number of aryl methyl sites for hydroxylation is 2. The van der Waals surface area contributed by atoms with Gasteiger partial charge in [-0.1, -0.05) is 17.4 Å². The average molecular weight is 392 g/mol. The molecule has 7 nitrogen and oxygen atoms in total. The van der Waals surface area contributed by atoms with Gasteiger partial charge in [-0.15, -0.1) is 0 Å². The molecule has 4 N–H and O–H groups in total. The number of nitrogen functional groups attached to an aromatic ring is 1. The van der Waals surface area contributed by atoms with Gasteiger partial charge in [-0.25, -0.2) is 15.0 Å². The molecule has 28 heavy (non-hydrogen) atoms. The number of methoxy groups -OCH3 is 1. The first-order valence-electron chi connectivity index (χ1n) is 8.70. The van der Waals surface area contributed by atoms with Gasteiger partial charge in [-0.3, -0.25) is 0 Å². The molecular weight excluding hydrogens is 372 g/mol. The molecule has 0 amide bonds. The van der Waals surface area contributed by atoms with Crippen LogP contribution in [0.2, 0.25) is 0 Å². The second kappa shape index (κ2) is 7.32. The van der Waals surface area contributed by atoms with Crippen LogP contribution in [-0.2, 0) is 0 Å². The van der Waals surface area contributed by atoms with Gasteiger partial charge in [0.25, 0.3) is 0 Å². The van der Waals surface area contributed by atoms with Gasteiger partial charge in [0.2, 0.25) is 0 Å². The van der Waals surface area contributed by atoms with Crippen LogP contribution >= 0.6 is 11.3 Å². The number of thiazole rings is 1. The molecule has 0 radical (unpaired) electrons. The van der Waals surface area contributed by atoms with E-state index in [9.17, 15) is 0 Å². The van der Waals surface area contributed by atoms with Crippen molar-refractivity contribution >= 4 is 49.7 Å². The highest BCUT2D eigenvalue weighted by Crippen LogP contribution is 2.33. The minimum atomic E-state index is 0.428. The normalized spacial score (nSPS) is 10.8. The highest BCUT2D eigenvalue weighted by Gasteiger charge is 2.12. The molecule has 0 aliphatic rings. The highest BCUT2D eigenvalue weighted by atomic mass is 32.1. The maximum Gasteiger partial charge on any atom is 0.189 e. The number of fused-ring (bicyclic) bond motifs is 1. The monoisotopic (exact) mass is 392 g/mol. The first-order chi connectivity index (χ1) is 13.5. The van der Waals surface area contributed by atoms with Crippen molar-refractivity contribution in [1.29, 1.82) is 0 Å². The van der Waals surface area contributed by atoms with Gasteiger partial charge in [-0.05, 0) is 55.3 Å². The number of benzene rings is 2. The molecule has 142 valence electrons. The van der Waals surface area contributed by atoms with Crippen LogP contribution in [0.15, 0.2) is 42.7 Å². The van der Waals surface area contributed by atoms with E-state index in [4.69, 9.17) is 10.5 Å². The van der Waals surface area contributed by atoms with Gasteiger partial charge < -0.3 is 21.1 Å². The minimum absolute atomic E-state index is 0.428. The predicted octanol–water partition coefficient (Wildman–Crippen LogP) is 4.78. The molecule has 2 heterocycles. The zero-order valence-corrected chi connectivity index (χ0v) is 16.6. The maximum absolute atomic E-state index is 6.29. The Balaban J connectivity index is 1.60. The summed E-state index contributed by atoms with van der Waals surface area (Å²) in [4.78, 5) is 13.1. The zero-order valence-electron chi connectivity index (χ0n) is 15.8. The summed E-state index contributed by atoms with van der Waals surface area (Å²) >= 11 is 1.51. The summed E-state index contributed by atoms with van der Waals surface area (Å²) in [5.74, 6) is 1.85. The van der Waals surface area contributed by atoms with E-state index < -0.39 is 0 Å². The van der Waals surface area contributed by atoms with Gasteiger partial charge in [-0.2, -0.15) is 0 Å². The zero-order chi connectivity index (χ0) is 19.7. The molecule has 0 atom stereocenters. The van der Waals surface area contributed by atoms with E-state index in [-0.39, 0.29) is 0 Å². The molecule has 0 saturated heterocycles. The summed E-state index contributed by atoms with van der Waals surface area (Å²) in [6, 6.07) is 11.9. The Bertz CT molecular complexity index is 1160. The van der Waals surface area contributed by atoms with Gasteiger partial charge in [0.05, 0.1) is 17.3 Å². The fourth-order valence-corrected chi connectivity index (χ4v) is 3.63. The van der Waals surface area contributed by atoms with Gasteiger partial charge in [0, 0.05) is 5.69 Å². The lowest BCUT2D eigenvalue weighted by Crippen LogP contribution is -2.05. The third-order valence-corrected chi connectivity index (χ3v) is 5.41. The molecule has 4 aromatic rings. The molecule has 0 saturated carbocycles. The van der Waals surface area contributed by atoms with Crippen LogP contribution in [0.4, 0.5) is 28.1 Å². The minimum Gasteiger partial charge on any atom is -0.497 e. The molecule has 0 fully saturated rings. The molecule has 0 spiro atoms. The molecule has 2 aromatic carbocycles. The van der Waals surface area contributed by atoms with Crippen molar-refractivity contribution in [2.45, 2.75) is 13.8 Å². The van der Waals surface area contributed by atoms with Crippen LogP contribution in [0.3, 0.4) is 0 Å². The van der Waals surface area contributed by atoms with E-state index in [0.29, 0.717) is 22.5 Å². The first kappa shape index (κ1) is 18.0. The second-order valence-corrected chi connectivity index (χ2v) is 7.42. The maximum atomic E-state index is 6.29. The Kier molecular flexibility index (Phi) is 4.70. The quantitative estimate of drug-likeness (QED) is 0.449. The van der Waals surface area contributed by atoms with Crippen LogP contribution < -0.4 is 21.1 Å². The Morgan fingerprint density at radius 3 is 2.50 bits per heavy atom. The Hall–Kier alpha value is -3.39. The van der Waals surface area contributed by atoms with Crippen molar-refractivity contribution in [3.8, 4) is 5.75 Å². The van der Waals surface area contributed by atoms with E-state index >= 15 is 0 Å². The Morgan fingerprint density at radius 1 is 0.964 bits per heavy atom. The molecule has 0 bridgehead atoms. The van der Waals surface area contributed by atoms with E-state index in [0.717, 1.165) is 21.7 Å². The van der Waals surface area contributed by atoms with Gasteiger partial charge in [0.15, 0.2) is 16.8 Å². The van der Waals surface area contributed by atoms with Crippen LogP contribution in [0.25, 0.3) is 10.2 Å². The lowest BCUT2D eigenvalue weighted by Gasteiger charge is -2.12. The van der Waals surface area contributed by atoms with Crippen LogP contribution in [0.5, 0.6) is 5.75 Å². The molecule has 2 aromatic heterocycles. The van der Waals surface area contributed by atoms with Gasteiger partial charge in [0.1, 0.15) is 17.8 Å². The van der Waals surface area contributed by atoms with Crippen molar-refractivity contribution < 1.29 is 4.74 Å². The van der Waals surface area contributed by atoms with Crippen LogP contribution in [0, 0.1) is 13.8 Å². The van der Waals surface area contributed by atoms with E-state index in [1.54, 1.807) is 7.11 Å². The number of anilines is 5. The highest BCUT2D eigenvalue weighted by molar-refractivity contribution is 7.22. The summed E-state index contributed by atoms with van der Waals surface area (Å²) in [5.41, 5.74) is 11.0. The number of hydrogen-bond acceptors (Lipinski definition) is 8. The number of ether oxygens (including phenoxy) is 1. The second-order valence-electron chi connectivity index (χ2n) is 6.39. The Labute approximate surface area is 166 Å². The third-order valence-electron chi connectivity index (χ3n) is 4.47. The predicted molar refractivity (Wildman–Crippen MR) is 115 cm³/mol. The largest absolute Gasteiger partial charge is 0.497 e. The lowest BCUT2D eigenvalue weighted by molar-refractivity contribution is 0.415. The van der Waals surface area contributed by atoms with Crippen molar-refractivity contribution in [1.82, 2.24) is 15.0 Å². The lowest BCUT2D eigenvalue weighted by atomic mass is 10.1. The number of hydrogen-bond donors (Lipinski definition) is 3. The van der Waals surface area contributed by atoms with E-state index in [2.05, 4.69) is 51.6 Å².